The Hall–Kier alpha value is -1.96. The molecule has 3 rings (SSSR count). The molecule has 0 aliphatic carbocycles. The summed E-state index contributed by atoms with van der Waals surface area (Å²) in [6, 6.07) is 5.58. The van der Waals surface area contributed by atoms with Crippen LogP contribution in [0.1, 0.15) is 12.0 Å². The lowest BCUT2D eigenvalue weighted by Gasteiger charge is -2.33. The zero-order chi connectivity index (χ0) is 23.8. The molecule has 0 radical (unpaired) electrons. The van der Waals surface area contributed by atoms with Gasteiger partial charge in [-0.15, -0.1) is 10.2 Å². The molecule has 10 nitrogen and oxygen atoms in total. The third kappa shape index (κ3) is 8.72. The van der Waals surface area contributed by atoms with Gasteiger partial charge in [-0.2, -0.15) is 0 Å². The molecule has 0 unspecified atom stereocenters. The minimum atomic E-state index is -0.734. The number of anilines is 1. The number of carbonyl (C=O) groups excluding carboxylic acids is 3. The number of benzene rings is 1. The largest absolute Gasteiger partial charge is 0.374 e. The second kappa shape index (κ2) is 12.5. The number of primary amides is 1. The van der Waals surface area contributed by atoms with E-state index in [1.54, 1.807) is 6.07 Å². The molecule has 1 saturated heterocycles. The van der Waals surface area contributed by atoms with E-state index in [9.17, 15) is 14.4 Å². The van der Waals surface area contributed by atoms with Gasteiger partial charge in [0.2, 0.25) is 22.9 Å². The van der Waals surface area contributed by atoms with Gasteiger partial charge >= 0.3 is 0 Å². The molecule has 1 aromatic heterocycles. The van der Waals surface area contributed by atoms with Crippen LogP contribution in [0.25, 0.3) is 0 Å². The van der Waals surface area contributed by atoms with Crippen LogP contribution in [-0.2, 0) is 25.7 Å². The summed E-state index contributed by atoms with van der Waals surface area (Å²) in [5.41, 5.74) is 6.03. The number of rotatable bonds is 10. The fourth-order valence-corrected chi connectivity index (χ4v) is 4.91. The van der Waals surface area contributed by atoms with Crippen molar-refractivity contribution in [3.63, 3.8) is 0 Å². The molecule has 0 bridgehead atoms. The predicted octanol–water partition coefficient (Wildman–Crippen LogP) is 1.77. The monoisotopic (exact) mass is 532 g/mol. The lowest BCUT2D eigenvalue weighted by molar-refractivity contribution is -0.125. The topological polar surface area (TPSA) is 140 Å². The number of amides is 3. The molecule has 1 fully saturated rings. The molecule has 2 aromatic rings. The normalized spacial score (nSPS) is 16.4. The molecule has 0 saturated carbocycles. The van der Waals surface area contributed by atoms with E-state index >= 15 is 0 Å². The van der Waals surface area contributed by atoms with E-state index in [-0.39, 0.29) is 22.9 Å². The van der Waals surface area contributed by atoms with Crippen LogP contribution >= 0.6 is 46.3 Å². The van der Waals surface area contributed by atoms with E-state index in [1.165, 1.54) is 11.8 Å². The number of carbonyl (C=O) groups is 3. The minimum Gasteiger partial charge on any atom is -0.374 e. The van der Waals surface area contributed by atoms with Gasteiger partial charge in [0.25, 0.3) is 0 Å². The Bertz CT molecular complexity index is 1010. The number of hydrogen-bond acceptors (Lipinski definition) is 9. The summed E-state index contributed by atoms with van der Waals surface area (Å²) >= 11 is 14.4. The number of morpholine rings is 1. The Morgan fingerprint density at radius 2 is 2.06 bits per heavy atom. The number of halogens is 2. The Kier molecular flexibility index (Phi) is 9.71. The molecule has 0 spiro atoms. The predicted molar refractivity (Wildman–Crippen MR) is 128 cm³/mol. The third-order valence-corrected chi connectivity index (χ3v) is 7.17. The first-order chi connectivity index (χ1) is 15.8. The van der Waals surface area contributed by atoms with Crippen LogP contribution in [0.3, 0.4) is 0 Å². The van der Waals surface area contributed by atoms with Gasteiger partial charge in [0.1, 0.15) is 6.42 Å². The zero-order valence-corrected chi connectivity index (χ0v) is 20.5. The Morgan fingerprint density at radius 3 is 2.82 bits per heavy atom. The molecule has 4 N–H and O–H groups in total. The van der Waals surface area contributed by atoms with Gasteiger partial charge in [0.15, 0.2) is 4.34 Å². The number of nitrogens with zero attached hydrogens (tertiary/aromatic N) is 3. The molecule has 178 valence electrons. The second-order valence-electron chi connectivity index (χ2n) is 7.13. The molecular weight excluding hydrogens is 511 g/mol. The summed E-state index contributed by atoms with van der Waals surface area (Å²) < 4.78 is 6.28. The smallest absolute Gasteiger partial charge is 0.235 e. The summed E-state index contributed by atoms with van der Waals surface area (Å²) in [7, 11) is 0. The molecule has 1 aliphatic rings. The van der Waals surface area contributed by atoms with Crippen molar-refractivity contribution in [3.8, 4) is 0 Å². The SMILES string of the molecule is NC(=O)CC(=O)Nc1nnc(SCC(=O)NC[C@H]2CN(Cc3ccc(Cl)c(Cl)c3)CCO2)s1. The first-order valence-electron chi connectivity index (χ1n) is 9.87. The van der Waals surface area contributed by atoms with E-state index in [1.807, 2.05) is 12.1 Å². The fraction of sp³-hybridized carbons (Fsp3) is 0.421. The number of hydrogen-bond donors (Lipinski definition) is 3. The summed E-state index contributed by atoms with van der Waals surface area (Å²) in [4.78, 5) is 36.7. The third-order valence-electron chi connectivity index (χ3n) is 4.45. The molecule has 1 aromatic carbocycles. The average Bonchev–Trinajstić information content (AvgIpc) is 3.20. The van der Waals surface area contributed by atoms with E-state index in [0.29, 0.717) is 34.1 Å². The van der Waals surface area contributed by atoms with Gasteiger partial charge in [-0.3, -0.25) is 19.3 Å². The van der Waals surface area contributed by atoms with Crippen molar-refractivity contribution < 1.29 is 19.1 Å². The van der Waals surface area contributed by atoms with Gasteiger partial charge < -0.3 is 21.1 Å². The number of aromatic nitrogens is 2. The summed E-state index contributed by atoms with van der Waals surface area (Å²) in [6.07, 6.45) is -0.553. The lowest BCUT2D eigenvalue weighted by atomic mass is 10.2. The summed E-state index contributed by atoms with van der Waals surface area (Å²) in [6.45, 7) is 3.15. The lowest BCUT2D eigenvalue weighted by Crippen LogP contribution is -2.47. The van der Waals surface area contributed by atoms with Crippen molar-refractivity contribution in [2.45, 2.75) is 23.4 Å². The number of ether oxygens (including phenoxy) is 1. The maximum absolute atomic E-state index is 12.2. The van der Waals surface area contributed by atoms with Crippen molar-refractivity contribution in [1.82, 2.24) is 20.4 Å². The minimum absolute atomic E-state index is 0.121. The molecule has 2 heterocycles. The highest BCUT2D eigenvalue weighted by Crippen LogP contribution is 2.25. The van der Waals surface area contributed by atoms with Gasteiger partial charge in [-0.25, -0.2) is 0 Å². The number of nitrogens with one attached hydrogen (secondary N) is 2. The van der Waals surface area contributed by atoms with E-state index in [2.05, 4.69) is 25.7 Å². The van der Waals surface area contributed by atoms with Crippen LogP contribution in [0.2, 0.25) is 10.0 Å². The van der Waals surface area contributed by atoms with Crippen LogP contribution in [0.15, 0.2) is 22.5 Å². The van der Waals surface area contributed by atoms with Crippen LogP contribution in [-0.4, -0.2) is 70.9 Å². The highest BCUT2D eigenvalue weighted by atomic mass is 35.5. The summed E-state index contributed by atoms with van der Waals surface area (Å²) in [5, 5.41) is 14.3. The highest BCUT2D eigenvalue weighted by Gasteiger charge is 2.21. The van der Waals surface area contributed by atoms with E-state index in [4.69, 9.17) is 33.7 Å². The Labute approximate surface area is 208 Å². The van der Waals surface area contributed by atoms with Gasteiger partial charge in [-0.1, -0.05) is 52.4 Å². The number of thioether (sulfide) groups is 1. The van der Waals surface area contributed by atoms with Gasteiger partial charge in [0.05, 0.1) is 28.5 Å². The highest BCUT2D eigenvalue weighted by molar-refractivity contribution is 8.01. The fourth-order valence-electron chi connectivity index (χ4n) is 2.99. The molecule has 14 heteroatoms. The first kappa shape index (κ1) is 25.7. The van der Waals surface area contributed by atoms with E-state index in [0.717, 1.165) is 30.0 Å². The standard InChI is InChI=1S/C19H22Cl2N6O4S2/c20-13-2-1-11(5-14(13)21)8-27-3-4-31-12(9-27)7-23-17(30)10-32-19-26-25-18(33-19)24-16(29)6-15(22)28/h1-2,5,12H,3-4,6-10H2,(H2,22,28)(H,23,30)(H,24,25,29)/t12-/m0/s1. The maximum atomic E-state index is 12.2. The maximum Gasteiger partial charge on any atom is 0.235 e. The van der Waals surface area contributed by atoms with Crippen molar-refractivity contribution in [2.75, 3.05) is 37.3 Å². The van der Waals surface area contributed by atoms with Gasteiger partial charge in [0, 0.05) is 26.2 Å². The molecular formula is C19H22Cl2N6O4S2. The van der Waals surface area contributed by atoms with Gasteiger partial charge in [-0.05, 0) is 17.7 Å². The van der Waals surface area contributed by atoms with Crippen LogP contribution < -0.4 is 16.4 Å². The van der Waals surface area contributed by atoms with Crippen molar-refractivity contribution in [2.24, 2.45) is 5.73 Å². The average molecular weight is 533 g/mol. The van der Waals surface area contributed by atoms with Crippen molar-refractivity contribution >= 4 is 69.2 Å². The Morgan fingerprint density at radius 1 is 1.24 bits per heavy atom. The first-order valence-corrected chi connectivity index (χ1v) is 12.4. The molecule has 33 heavy (non-hydrogen) atoms. The van der Waals surface area contributed by atoms with Crippen LogP contribution in [0, 0.1) is 0 Å². The molecule has 1 atom stereocenters. The quantitative estimate of drug-likeness (QED) is 0.239. The van der Waals surface area contributed by atoms with Crippen LogP contribution in [0.4, 0.5) is 5.13 Å². The summed E-state index contributed by atoms with van der Waals surface area (Å²) in [5.74, 6) is -1.32. The molecule has 3 amide bonds. The number of nitrogens with two attached hydrogens (primary N) is 1. The second-order valence-corrected chi connectivity index (χ2v) is 10.1. The van der Waals surface area contributed by atoms with Crippen LogP contribution in [0.5, 0.6) is 0 Å². The Balaban J connectivity index is 1.37. The zero-order valence-electron chi connectivity index (χ0n) is 17.4. The molecule has 1 aliphatic heterocycles. The van der Waals surface area contributed by atoms with Crippen molar-refractivity contribution in [1.29, 1.82) is 0 Å². The van der Waals surface area contributed by atoms with E-state index < -0.39 is 18.2 Å². The van der Waals surface area contributed by atoms with Crippen molar-refractivity contribution in [3.05, 3.63) is 33.8 Å².